The van der Waals surface area contributed by atoms with Gasteiger partial charge in [0.1, 0.15) is 0 Å². The standard InChI is InChI=1S/C14H23N3O/c1-17(9-11-3-2-4-11)10-14-7-13(16-18-14)8-15-12-5-6-12/h7,11-12,15H,2-6,8-10H2,1H3. The first kappa shape index (κ1) is 12.2. The molecule has 1 N–H and O–H groups in total. The molecule has 2 aliphatic rings. The molecular weight excluding hydrogens is 226 g/mol. The molecule has 0 unspecified atom stereocenters. The molecule has 1 aromatic heterocycles. The maximum Gasteiger partial charge on any atom is 0.151 e. The SMILES string of the molecule is CN(Cc1cc(CNC2CC2)no1)CC1CCC1. The van der Waals surface area contributed by atoms with Crippen molar-refractivity contribution in [1.29, 1.82) is 0 Å². The Morgan fingerprint density at radius 2 is 2.22 bits per heavy atom. The van der Waals surface area contributed by atoms with Crippen LogP contribution in [0.4, 0.5) is 0 Å². The monoisotopic (exact) mass is 249 g/mol. The van der Waals surface area contributed by atoms with Crippen LogP contribution >= 0.6 is 0 Å². The van der Waals surface area contributed by atoms with E-state index in [-0.39, 0.29) is 0 Å². The smallest absolute Gasteiger partial charge is 0.151 e. The molecule has 0 radical (unpaired) electrons. The Labute approximate surface area is 109 Å². The summed E-state index contributed by atoms with van der Waals surface area (Å²) in [6.07, 6.45) is 6.84. The Kier molecular flexibility index (Phi) is 3.66. The molecule has 0 aliphatic heterocycles. The number of hydrogen-bond donors (Lipinski definition) is 1. The van der Waals surface area contributed by atoms with E-state index in [2.05, 4.69) is 28.5 Å². The lowest BCUT2D eigenvalue weighted by atomic mass is 9.85. The van der Waals surface area contributed by atoms with E-state index in [9.17, 15) is 0 Å². The van der Waals surface area contributed by atoms with E-state index in [0.717, 1.165) is 36.5 Å². The fraction of sp³-hybridized carbons (Fsp3) is 0.786. The molecule has 4 heteroatoms. The molecule has 18 heavy (non-hydrogen) atoms. The Morgan fingerprint density at radius 3 is 2.89 bits per heavy atom. The van der Waals surface area contributed by atoms with Crippen LogP contribution < -0.4 is 5.32 Å². The lowest BCUT2D eigenvalue weighted by Crippen LogP contribution is -2.28. The normalized spacial score (nSPS) is 20.3. The van der Waals surface area contributed by atoms with E-state index in [1.165, 1.54) is 38.6 Å². The lowest BCUT2D eigenvalue weighted by molar-refractivity contribution is 0.186. The number of nitrogens with one attached hydrogen (secondary N) is 1. The molecule has 0 atom stereocenters. The van der Waals surface area contributed by atoms with Crippen LogP contribution in [0.2, 0.25) is 0 Å². The minimum Gasteiger partial charge on any atom is -0.360 e. The summed E-state index contributed by atoms with van der Waals surface area (Å²) in [6.45, 7) is 2.92. The van der Waals surface area contributed by atoms with Crippen LogP contribution in [0.15, 0.2) is 10.6 Å². The van der Waals surface area contributed by atoms with Gasteiger partial charge in [0.05, 0.1) is 12.2 Å². The van der Waals surface area contributed by atoms with Gasteiger partial charge in [-0.15, -0.1) is 0 Å². The Hall–Kier alpha value is -0.870. The van der Waals surface area contributed by atoms with E-state index < -0.39 is 0 Å². The van der Waals surface area contributed by atoms with Crippen molar-refractivity contribution in [3.8, 4) is 0 Å². The highest BCUT2D eigenvalue weighted by atomic mass is 16.5. The fourth-order valence-corrected chi connectivity index (χ4v) is 2.50. The van der Waals surface area contributed by atoms with Gasteiger partial charge in [0.15, 0.2) is 5.76 Å². The first-order valence-corrected chi connectivity index (χ1v) is 7.16. The van der Waals surface area contributed by atoms with Crippen LogP contribution in [0.25, 0.3) is 0 Å². The van der Waals surface area contributed by atoms with Gasteiger partial charge in [0, 0.05) is 25.2 Å². The second-order valence-corrected chi connectivity index (χ2v) is 5.93. The zero-order valence-electron chi connectivity index (χ0n) is 11.2. The molecule has 0 amide bonds. The average Bonchev–Trinajstić information content (AvgIpc) is 3.03. The molecule has 2 aliphatic carbocycles. The van der Waals surface area contributed by atoms with Crippen LogP contribution in [-0.4, -0.2) is 29.7 Å². The molecule has 100 valence electrons. The Morgan fingerprint density at radius 1 is 1.39 bits per heavy atom. The van der Waals surface area contributed by atoms with Crippen molar-refractivity contribution in [3.05, 3.63) is 17.5 Å². The van der Waals surface area contributed by atoms with Gasteiger partial charge in [0.25, 0.3) is 0 Å². The van der Waals surface area contributed by atoms with Gasteiger partial charge >= 0.3 is 0 Å². The molecule has 0 spiro atoms. The molecule has 3 rings (SSSR count). The second kappa shape index (κ2) is 5.41. The molecule has 0 aromatic carbocycles. The maximum atomic E-state index is 5.39. The van der Waals surface area contributed by atoms with Crippen molar-refractivity contribution >= 4 is 0 Å². The summed E-state index contributed by atoms with van der Waals surface area (Å²) >= 11 is 0. The largest absolute Gasteiger partial charge is 0.360 e. The summed E-state index contributed by atoms with van der Waals surface area (Å²) in [5.41, 5.74) is 1.04. The lowest BCUT2D eigenvalue weighted by Gasteiger charge is -2.29. The van der Waals surface area contributed by atoms with E-state index in [1.54, 1.807) is 0 Å². The highest BCUT2D eigenvalue weighted by Crippen LogP contribution is 2.27. The summed E-state index contributed by atoms with van der Waals surface area (Å²) in [7, 11) is 2.17. The van der Waals surface area contributed by atoms with Crippen molar-refractivity contribution in [2.45, 2.75) is 51.2 Å². The highest BCUT2D eigenvalue weighted by molar-refractivity contribution is 5.05. The third kappa shape index (κ3) is 3.33. The summed E-state index contributed by atoms with van der Waals surface area (Å²) in [4.78, 5) is 2.35. The molecule has 1 aromatic rings. The molecule has 0 saturated heterocycles. The topological polar surface area (TPSA) is 41.3 Å². The minimum absolute atomic E-state index is 0.728. The van der Waals surface area contributed by atoms with Crippen molar-refractivity contribution in [2.75, 3.05) is 13.6 Å². The highest BCUT2D eigenvalue weighted by Gasteiger charge is 2.21. The first-order chi connectivity index (χ1) is 8.79. The summed E-state index contributed by atoms with van der Waals surface area (Å²) in [6, 6.07) is 2.82. The second-order valence-electron chi connectivity index (χ2n) is 5.93. The molecule has 4 nitrogen and oxygen atoms in total. The van der Waals surface area contributed by atoms with Crippen LogP contribution in [-0.2, 0) is 13.1 Å². The van der Waals surface area contributed by atoms with Crippen LogP contribution in [0.5, 0.6) is 0 Å². The Bertz CT molecular complexity index is 382. The van der Waals surface area contributed by atoms with Gasteiger partial charge in [-0.25, -0.2) is 0 Å². The zero-order chi connectivity index (χ0) is 12.4. The third-order valence-corrected chi connectivity index (χ3v) is 3.98. The first-order valence-electron chi connectivity index (χ1n) is 7.16. The van der Waals surface area contributed by atoms with Crippen LogP contribution in [0, 0.1) is 5.92 Å². The zero-order valence-corrected chi connectivity index (χ0v) is 11.2. The number of aromatic nitrogens is 1. The Balaban J connectivity index is 1.42. The summed E-state index contributed by atoms with van der Waals surface area (Å²) < 4.78 is 5.39. The number of hydrogen-bond acceptors (Lipinski definition) is 4. The van der Waals surface area contributed by atoms with Gasteiger partial charge in [-0.1, -0.05) is 11.6 Å². The van der Waals surface area contributed by atoms with Crippen molar-refractivity contribution < 1.29 is 4.52 Å². The quantitative estimate of drug-likeness (QED) is 0.804. The van der Waals surface area contributed by atoms with Crippen molar-refractivity contribution in [3.63, 3.8) is 0 Å². The molecule has 0 bridgehead atoms. The van der Waals surface area contributed by atoms with Gasteiger partial charge in [0.2, 0.25) is 0 Å². The van der Waals surface area contributed by atoms with Gasteiger partial charge in [-0.05, 0) is 38.6 Å². The minimum atomic E-state index is 0.728. The molecular formula is C14H23N3O. The predicted molar refractivity (Wildman–Crippen MR) is 70.0 cm³/mol. The average molecular weight is 249 g/mol. The molecule has 2 saturated carbocycles. The van der Waals surface area contributed by atoms with Gasteiger partial charge < -0.3 is 9.84 Å². The van der Waals surface area contributed by atoms with Crippen LogP contribution in [0.1, 0.15) is 43.6 Å². The predicted octanol–water partition coefficient (Wildman–Crippen LogP) is 2.16. The van der Waals surface area contributed by atoms with Crippen LogP contribution in [0.3, 0.4) is 0 Å². The van der Waals surface area contributed by atoms with Gasteiger partial charge in [-0.2, -0.15) is 0 Å². The van der Waals surface area contributed by atoms with E-state index in [1.807, 2.05) is 0 Å². The summed E-state index contributed by atoms with van der Waals surface area (Å²) in [5.74, 6) is 1.90. The number of nitrogens with zero attached hydrogens (tertiary/aromatic N) is 2. The molecule has 1 heterocycles. The number of rotatable bonds is 7. The maximum absolute atomic E-state index is 5.39. The summed E-state index contributed by atoms with van der Waals surface area (Å²) in [5, 5.41) is 7.57. The third-order valence-electron chi connectivity index (χ3n) is 3.98. The van der Waals surface area contributed by atoms with E-state index >= 15 is 0 Å². The molecule has 2 fully saturated rings. The fourth-order valence-electron chi connectivity index (χ4n) is 2.50. The van der Waals surface area contributed by atoms with Crippen molar-refractivity contribution in [2.24, 2.45) is 5.92 Å². The van der Waals surface area contributed by atoms with Crippen molar-refractivity contribution in [1.82, 2.24) is 15.4 Å². The van der Waals surface area contributed by atoms with Gasteiger partial charge in [-0.3, -0.25) is 4.90 Å². The van der Waals surface area contributed by atoms with E-state index in [4.69, 9.17) is 4.52 Å². The van der Waals surface area contributed by atoms with E-state index in [0.29, 0.717) is 0 Å².